The van der Waals surface area contributed by atoms with Crippen molar-refractivity contribution in [1.82, 2.24) is 19.7 Å². The van der Waals surface area contributed by atoms with Gasteiger partial charge in [0.25, 0.3) is 5.91 Å². The number of halogens is 1. The molecule has 1 aliphatic heterocycles. The molecule has 0 unspecified atom stereocenters. The molecule has 1 aliphatic carbocycles. The predicted molar refractivity (Wildman–Crippen MR) is 137 cm³/mol. The Morgan fingerprint density at radius 2 is 1.94 bits per heavy atom. The summed E-state index contributed by atoms with van der Waals surface area (Å²) in [6.07, 6.45) is 5.82. The number of carbonyl (C=O) groups excluding carboxylic acids is 1. The third kappa shape index (κ3) is 5.58. The van der Waals surface area contributed by atoms with Crippen molar-refractivity contribution in [2.75, 3.05) is 43.5 Å². The van der Waals surface area contributed by atoms with Crippen molar-refractivity contribution in [3.63, 3.8) is 0 Å². The second-order valence-corrected chi connectivity index (χ2v) is 9.52. The molecule has 2 aliphatic rings. The van der Waals surface area contributed by atoms with Crippen LogP contribution < -0.4 is 22.1 Å². The van der Waals surface area contributed by atoms with Crippen LogP contribution >= 0.6 is 0 Å². The quantitative estimate of drug-likeness (QED) is 0.373. The summed E-state index contributed by atoms with van der Waals surface area (Å²) in [5.41, 5.74) is 13.2. The van der Waals surface area contributed by atoms with Gasteiger partial charge < -0.3 is 26.8 Å². The Morgan fingerprint density at radius 3 is 2.72 bits per heavy atom. The maximum Gasteiger partial charge on any atom is 0.252 e. The molecule has 11 heteroatoms. The van der Waals surface area contributed by atoms with Crippen LogP contribution in [-0.2, 0) is 11.3 Å². The summed E-state index contributed by atoms with van der Waals surface area (Å²) in [7, 11) is 0. The van der Waals surface area contributed by atoms with E-state index in [9.17, 15) is 9.18 Å². The van der Waals surface area contributed by atoms with Gasteiger partial charge in [0.05, 0.1) is 30.8 Å². The molecule has 5 rings (SSSR count). The molecule has 3 heterocycles. The minimum atomic E-state index is -0.765. The number of pyridine rings is 1. The van der Waals surface area contributed by atoms with Crippen molar-refractivity contribution >= 4 is 34.1 Å². The van der Waals surface area contributed by atoms with Crippen LogP contribution in [0.2, 0.25) is 0 Å². The van der Waals surface area contributed by atoms with Gasteiger partial charge in [-0.25, -0.2) is 9.37 Å². The molecule has 3 aromatic rings. The number of aromatic nitrogens is 3. The largest absolute Gasteiger partial charge is 0.379 e. The lowest BCUT2D eigenvalue weighted by Crippen LogP contribution is -2.43. The minimum absolute atomic E-state index is 0.0258. The number of hydrogen-bond donors (Lipinski definition) is 4. The van der Waals surface area contributed by atoms with Gasteiger partial charge in [-0.3, -0.25) is 14.4 Å². The second-order valence-electron chi connectivity index (χ2n) is 9.52. The zero-order chi connectivity index (χ0) is 25.1. The molecular formula is C25H33FN8O2. The van der Waals surface area contributed by atoms with E-state index in [2.05, 4.69) is 20.5 Å². The molecule has 36 heavy (non-hydrogen) atoms. The second kappa shape index (κ2) is 10.8. The Labute approximate surface area is 209 Å². The van der Waals surface area contributed by atoms with Gasteiger partial charge >= 0.3 is 0 Å². The fourth-order valence-corrected chi connectivity index (χ4v) is 4.85. The number of primary amides is 1. The lowest BCUT2D eigenvalue weighted by Gasteiger charge is -2.30. The van der Waals surface area contributed by atoms with E-state index in [1.807, 2.05) is 29.1 Å². The SMILES string of the molecule is NC(=O)c1cc(F)c(N[C@@H]2CCCC[C@@H]2N)nc1Nc1ccc2cn(CCN3CCOCC3)nc2c1. The fourth-order valence-electron chi connectivity index (χ4n) is 4.85. The molecule has 0 radical (unpaired) electrons. The van der Waals surface area contributed by atoms with Gasteiger partial charge in [0.15, 0.2) is 11.6 Å². The number of morpholine rings is 1. The number of fused-ring (bicyclic) bond motifs is 1. The number of rotatable bonds is 8. The number of hydrogen-bond acceptors (Lipinski definition) is 8. The first kappa shape index (κ1) is 24.4. The molecule has 1 saturated heterocycles. The molecule has 2 fully saturated rings. The highest BCUT2D eigenvalue weighted by atomic mass is 19.1. The third-order valence-corrected chi connectivity index (χ3v) is 6.95. The zero-order valence-corrected chi connectivity index (χ0v) is 20.3. The van der Waals surface area contributed by atoms with Gasteiger partial charge in [-0.15, -0.1) is 0 Å². The number of nitrogens with one attached hydrogen (secondary N) is 2. The highest BCUT2D eigenvalue weighted by molar-refractivity contribution is 5.99. The number of anilines is 3. The molecule has 1 amide bonds. The summed E-state index contributed by atoms with van der Waals surface area (Å²) in [6.45, 7) is 5.10. The van der Waals surface area contributed by atoms with Crippen LogP contribution in [0.1, 0.15) is 36.0 Å². The Hall–Kier alpha value is -3.28. The number of nitrogens with zero attached hydrogens (tertiary/aromatic N) is 4. The number of amides is 1. The third-order valence-electron chi connectivity index (χ3n) is 6.95. The summed E-state index contributed by atoms with van der Waals surface area (Å²) in [4.78, 5) is 18.8. The fraction of sp³-hybridized carbons (Fsp3) is 0.480. The zero-order valence-electron chi connectivity index (χ0n) is 20.3. The molecule has 2 aromatic heterocycles. The molecule has 192 valence electrons. The maximum absolute atomic E-state index is 14.8. The average molecular weight is 497 g/mol. The van der Waals surface area contributed by atoms with Crippen LogP contribution in [0.25, 0.3) is 10.9 Å². The van der Waals surface area contributed by atoms with E-state index in [4.69, 9.17) is 21.3 Å². The number of ether oxygens (including phenoxy) is 1. The Balaban J connectivity index is 1.34. The summed E-state index contributed by atoms with van der Waals surface area (Å²) in [5, 5.41) is 12.0. The first-order valence-corrected chi connectivity index (χ1v) is 12.5. The first-order chi connectivity index (χ1) is 17.5. The van der Waals surface area contributed by atoms with Crippen LogP contribution in [0.3, 0.4) is 0 Å². The average Bonchev–Trinajstić information content (AvgIpc) is 3.28. The van der Waals surface area contributed by atoms with E-state index in [0.29, 0.717) is 5.69 Å². The van der Waals surface area contributed by atoms with Crippen molar-refractivity contribution in [2.45, 2.75) is 44.3 Å². The van der Waals surface area contributed by atoms with E-state index in [1.54, 1.807) is 0 Å². The number of nitrogens with two attached hydrogens (primary N) is 2. The molecule has 1 saturated carbocycles. The van der Waals surface area contributed by atoms with Crippen LogP contribution in [0.15, 0.2) is 30.5 Å². The molecule has 0 spiro atoms. The van der Waals surface area contributed by atoms with Crippen molar-refractivity contribution in [2.24, 2.45) is 11.5 Å². The summed E-state index contributed by atoms with van der Waals surface area (Å²) in [6, 6.07) is 6.66. The van der Waals surface area contributed by atoms with Crippen LogP contribution in [0, 0.1) is 5.82 Å². The lowest BCUT2D eigenvalue weighted by molar-refractivity contribution is 0.0360. The topological polar surface area (TPSA) is 136 Å². The van der Waals surface area contributed by atoms with E-state index in [1.165, 1.54) is 0 Å². The van der Waals surface area contributed by atoms with E-state index >= 15 is 0 Å². The highest BCUT2D eigenvalue weighted by Crippen LogP contribution is 2.28. The van der Waals surface area contributed by atoms with Crippen molar-refractivity contribution < 1.29 is 13.9 Å². The van der Waals surface area contributed by atoms with E-state index in [-0.39, 0.29) is 29.3 Å². The molecule has 1 aromatic carbocycles. The van der Waals surface area contributed by atoms with E-state index in [0.717, 1.165) is 82.0 Å². The standard InChI is InChI=1S/C25H33FN8O2/c26-19-14-18(23(28)35)24(31-25(19)30-21-4-2-1-3-20(21)27)29-17-6-5-16-15-34(32-22(16)13-17)8-7-33-9-11-36-12-10-33/h5-6,13-15,20-21H,1-4,7-12,27H2,(H2,28,35)(H2,29,30,31)/t20-,21+/m0/s1. The Kier molecular flexibility index (Phi) is 7.30. The van der Waals surface area contributed by atoms with Crippen LogP contribution in [-0.4, -0.2) is 70.5 Å². The summed E-state index contributed by atoms with van der Waals surface area (Å²) >= 11 is 0. The van der Waals surface area contributed by atoms with Gasteiger partial charge in [-0.2, -0.15) is 5.10 Å². The molecule has 6 N–H and O–H groups in total. The first-order valence-electron chi connectivity index (χ1n) is 12.5. The highest BCUT2D eigenvalue weighted by Gasteiger charge is 2.24. The maximum atomic E-state index is 14.8. The Bertz CT molecular complexity index is 1230. The molecule has 10 nitrogen and oxygen atoms in total. The smallest absolute Gasteiger partial charge is 0.252 e. The minimum Gasteiger partial charge on any atom is -0.379 e. The number of benzene rings is 1. The van der Waals surface area contributed by atoms with Crippen molar-refractivity contribution in [3.05, 3.63) is 41.8 Å². The summed E-state index contributed by atoms with van der Waals surface area (Å²) < 4.78 is 22.1. The predicted octanol–water partition coefficient (Wildman–Crippen LogP) is 2.43. The van der Waals surface area contributed by atoms with Crippen LogP contribution in [0.4, 0.5) is 21.7 Å². The van der Waals surface area contributed by atoms with Gasteiger partial charge in [-0.1, -0.05) is 12.8 Å². The molecule has 0 bridgehead atoms. The number of carbonyl (C=O) groups is 1. The summed E-state index contributed by atoms with van der Waals surface area (Å²) in [5.74, 6) is -1.17. The van der Waals surface area contributed by atoms with Gasteiger partial charge in [0.2, 0.25) is 0 Å². The van der Waals surface area contributed by atoms with Gasteiger partial charge in [-0.05, 0) is 37.1 Å². The van der Waals surface area contributed by atoms with Crippen LogP contribution in [0.5, 0.6) is 0 Å². The van der Waals surface area contributed by atoms with Gasteiger partial charge in [0.1, 0.15) is 5.82 Å². The normalized spacial score (nSPS) is 20.9. The molecule has 2 atom stereocenters. The van der Waals surface area contributed by atoms with Crippen molar-refractivity contribution in [3.8, 4) is 0 Å². The van der Waals surface area contributed by atoms with Crippen molar-refractivity contribution in [1.29, 1.82) is 0 Å². The molecular weight excluding hydrogens is 463 g/mol. The van der Waals surface area contributed by atoms with E-state index < -0.39 is 11.7 Å². The lowest BCUT2D eigenvalue weighted by atomic mass is 9.91. The van der Waals surface area contributed by atoms with Gasteiger partial charge in [0, 0.05) is 49.0 Å². The monoisotopic (exact) mass is 496 g/mol. The Morgan fingerprint density at radius 1 is 1.14 bits per heavy atom.